The summed E-state index contributed by atoms with van der Waals surface area (Å²) in [6.45, 7) is 14.9. The predicted octanol–water partition coefficient (Wildman–Crippen LogP) is 6.76. The molecule has 0 radical (unpaired) electrons. The van der Waals surface area contributed by atoms with Crippen LogP contribution in [0.2, 0.25) is 0 Å². The van der Waals surface area contributed by atoms with E-state index in [1.807, 2.05) is 0 Å². The number of hydrogen-bond donors (Lipinski definition) is 1. The van der Waals surface area contributed by atoms with Crippen molar-refractivity contribution in [3.63, 3.8) is 0 Å². The number of rotatable bonds is 20. The Bertz CT molecular complexity index is 401. The van der Waals surface area contributed by atoms with Crippen LogP contribution in [0.4, 0.5) is 0 Å². The van der Waals surface area contributed by atoms with Crippen LogP contribution in [-0.4, -0.2) is 19.8 Å². The van der Waals surface area contributed by atoms with Crippen molar-refractivity contribution < 1.29 is 24.2 Å². The van der Waals surface area contributed by atoms with Crippen LogP contribution in [0.5, 0.6) is 0 Å². The van der Waals surface area contributed by atoms with Gasteiger partial charge in [0.1, 0.15) is 0 Å². The molecule has 0 aliphatic rings. The molecule has 0 saturated heterocycles. The molecule has 3 N–H and O–H groups in total. The molecular weight excluding hydrogens is 409 g/mol. The Kier molecular flexibility index (Phi) is 24.9. The Labute approximate surface area is 194 Å². The normalized spacial score (nSPS) is 14.4. The minimum atomic E-state index is -4.08. The van der Waals surface area contributed by atoms with Crippen molar-refractivity contribution in [1.82, 2.24) is 0 Å². The van der Waals surface area contributed by atoms with Gasteiger partial charge in [0.05, 0.1) is 19.8 Å². The maximum atomic E-state index is 11.5. The zero-order valence-electron chi connectivity index (χ0n) is 21.8. The summed E-state index contributed by atoms with van der Waals surface area (Å²) in [5.41, 5.74) is 3.91. The largest absolute Gasteiger partial charge is 0.756 e. The lowest BCUT2D eigenvalue weighted by molar-refractivity contribution is -0.379. The Morgan fingerprint density at radius 3 is 1.58 bits per heavy atom. The van der Waals surface area contributed by atoms with Gasteiger partial charge in [-0.15, -0.1) is 0 Å². The van der Waals surface area contributed by atoms with E-state index in [2.05, 4.69) is 47.3 Å². The Morgan fingerprint density at radius 2 is 1.19 bits per heavy atom. The average molecular weight is 466 g/mol. The van der Waals surface area contributed by atoms with Gasteiger partial charge in [0.2, 0.25) is 0 Å². The highest BCUT2D eigenvalue weighted by atomic mass is 31.2. The van der Waals surface area contributed by atoms with Crippen LogP contribution in [0.25, 0.3) is 0 Å². The summed E-state index contributed by atoms with van der Waals surface area (Å²) in [7, 11) is -4.08. The Hall–Kier alpha value is 0.0700. The van der Waals surface area contributed by atoms with Crippen molar-refractivity contribution in [2.45, 2.75) is 125 Å². The molecule has 0 saturated carbocycles. The second-order valence-corrected chi connectivity index (χ2v) is 11.1. The highest BCUT2D eigenvalue weighted by molar-refractivity contribution is 7.45. The van der Waals surface area contributed by atoms with Crippen LogP contribution in [0.15, 0.2) is 0 Å². The quantitative estimate of drug-likeness (QED) is 0.159. The molecule has 0 bridgehead atoms. The fourth-order valence-corrected chi connectivity index (χ4v) is 4.05. The topological polar surface area (TPSA) is 86.2 Å². The number of phosphoric acid groups is 1. The van der Waals surface area contributed by atoms with Gasteiger partial charge in [-0.3, -0.25) is 4.57 Å². The van der Waals surface area contributed by atoms with Crippen LogP contribution in [0.3, 0.4) is 0 Å². The SMILES string of the molecule is CC(C)CCCCCCOP(=O)([O-])OCCCCCC(C)C.CCCCC(CC)C[NH3+]. The van der Waals surface area contributed by atoms with E-state index in [4.69, 9.17) is 9.05 Å². The third kappa shape index (κ3) is 28.0. The lowest BCUT2D eigenvalue weighted by atomic mass is 10.00. The van der Waals surface area contributed by atoms with Gasteiger partial charge in [-0.2, -0.15) is 0 Å². The van der Waals surface area contributed by atoms with Crippen molar-refractivity contribution in [3.05, 3.63) is 0 Å². The maximum Gasteiger partial charge on any atom is 0.267 e. The van der Waals surface area contributed by atoms with Crippen LogP contribution in [0.1, 0.15) is 125 Å². The van der Waals surface area contributed by atoms with Gasteiger partial charge in [-0.25, -0.2) is 0 Å². The van der Waals surface area contributed by atoms with E-state index in [-0.39, 0.29) is 13.2 Å². The van der Waals surface area contributed by atoms with Crippen molar-refractivity contribution in [2.24, 2.45) is 17.8 Å². The summed E-state index contributed by atoms with van der Waals surface area (Å²) in [5.74, 6) is 2.34. The minimum absolute atomic E-state index is 0.243. The highest BCUT2D eigenvalue weighted by Gasteiger charge is 2.08. The smallest absolute Gasteiger partial charge is 0.267 e. The highest BCUT2D eigenvalue weighted by Crippen LogP contribution is 2.38. The molecule has 2 atom stereocenters. The summed E-state index contributed by atoms with van der Waals surface area (Å²) in [5, 5.41) is 0. The van der Waals surface area contributed by atoms with E-state index < -0.39 is 7.82 Å². The van der Waals surface area contributed by atoms with E-state index in [1.165, 1.54) is 44.9 Å². The standard InChI is InChI=1S/C17H37O4P.C8H19N/c1-16(2)12-8-5-6-10-14-20-22(18,19)21-15-11-7-9-13-17(3)4;1-3-5-6-8(4-2)7-9/h16-17H,5-15H2,1-4H3,(H,18,19);8H,3-7,9H2,1-2H3. The summed E-state index contributed by atoms with van der Waals surface area (Å²) >= 11 is 0. The summed E-state index contributed by atoms with van der Waals surface area (Å²) < 4.78 is 21.3. The van der Waals surface area contributed by atoms with Crippen molar-refractivity contribution in [3.8, 4) is 0 Å². The molecule has 31 heavy (non-hydrogen) atoms. The van der Waals surface area contributed by atoms with Crippen molar-refractivity contribution >= 4 is 7.82 Å². The molecule has 0 aromatic heterocycles. The molecule has 6 heteroatoms. The summed E-state index contributed by atoms with van der Waals surface area (Å²) in [4.78, 5) is 11.5. The zero-order valence-corrected chi connectivity index (χ0v) is 22.7. The Balaban J connectivity index is 0. The molecule has 190 valence electrons. The molecule has 0 rings (SSSR count). The zero-order chi connectivity index (χ0) is 24.0. The molecule has 0 heterocycles. The van der Waals surface area contributed by atoms with Gasteiger partial charge in [-0.1, -0.05) is 99.3 Å². The first-order valence-corrected chi connectivity index (χ1v) is 14.5. The molecule has 0 aliphatic carbocycles. The lowest BCUT2D eigenvalue weighted by Crippen LogP contribution is -2.53. The number of unbranched alkanes of at least 4 members (excludes halogenated alkanes) is 6. The van der Waals surface area contributed by atoms with Crippen LogP contribution >= 0.6 is 7.82 Å². The number of hydrogen-bond acceptors (Lipinski definition) is 4. The molecular formula is C25H56NO4P. The van der Waals surface area contributed by atoms with E-state index in [0.29, 0.717) is 5.92 Å². The molecule has 0 fully saturated rings. The van der Waals surface area contributed by atoms with Crippen molar-refractivity contribution in [1.29, 1.82) is 0 Å². The number of quaternary nitrogens is 1. The van der Waals surface area contributed by atoms with Gasteiger partial charge in [0.25, 0.3) is 7.82 Å². The first-order valence-electron chi connectivity index (χ1n) is 13.1. The minimum Gasteiger partial charge on any atom is -0.756 e. The van der Waals surface area contributed by atoms with E-state index in [0.717, 1.165) is 56.9 Å². The monoisotopic (exact) mass is 465 g/mol. The lowest BCUT2D eigenvalue weighted by Gasteiger charge is -2.22. The second kappa shape index (κ2) is 23.2. The maximum absolute atomic E-state index is 11.5. The summed E-state index contributed by atoms with van der Waals surface area (Å²) in [6.07, 6.45) is 14.9. The summed E-state index contributed by atoms with van der Waals surface area (Å²) in [6, 6.07) is 0. The van der Waals surface area contributed by atoms with Gasteiger partial charge >= 0.3 is 0 Å². The van der Waals surface area contributed by atoms with Gasteiger partial charge in [0, 0.05) is 5.92 Å². The van der Waals surface area contributed by atoms with E-state index >= 15 is 0 Å². The predicted molar refractivity (Wildman–Crippen MR) is 132 cm³/mol. The first kappa shape index (κ1) is 33.2. The third-order valence-corrected chi connectivity index (χ3v) is 6.55. The van der Waals surface area contributed by atoms with Gasteiger partial charge in [0.15, 0.2) is 0 Å². The molecule has 0 amide bonds. The Morgan fingerprint density at radius 1 is 0.742 bits per heavy atom. The molecule has 2 unspecified atom stereocenters. The fraction of sp³-hybridized carbons (Fsp3) is 1.00. The molecule has 5 nitrogen and oxygen atoms in total. The van der Waals surface area contributed by atoms with Gasteiger partial charge < -0.3 is 19.7 Å². The molecule has 0 aromatic carbocycles. The van der Waals surface area contributed by atoms with Crippen LogP contribution in [-0.2, 0) is 13.6 Å². The fourth-order valence-electron chi connectivity index (χ4n) is 3.27. The third-order valence-electron chi connectivity index (χ3n) is 5.55. The van der Waals surface area contributed by atoms with E-state index in [1.54, 1.807) is 0 Å². The second-order valence-electron chi connectivity index (χ2n) is 9.66. The van der Waals surface area contributed by atoms with Crippen LogP contribution in [0, 0.1) is 17.8 Å². The molecule has 0 aromatic rings. The average Bonchev–Trinajstić information content (AvgIpc) is 2.70. The van der Waals surface area contributed by atoms with E-state index in [9.17, 15) is 9.46 Å². The van der Waals surface area contributed by atoms with Gasteiger partial charge in [-0.05, 0) is 37.5 Å². The molecule has 0 aliphatic heterocycles. The van der Waals surface area contributed by atoms with Crippen molar-refractivity contribution in [2.75, 3.05) is 19.8 Å². The van der Waals surface area contributed by atoms with Crippen LogP contribution < -0.4 is 10.6 Å². The number of phosphoric ester groups is 1. The molecule has 0 spiro atoms. The first-order chi connectivity index (χ1) is 14.7.